The lowest BCUT2D eigenvalue weighted by Gasteiger charge is -2.16. The summed E-state index contributed by atoms with van der Waals surface area (Å²) in [6, 6.07) is -0.444. The lowest BCUT2D eigenvalue weighted by molar-refractivity contribution is 0.249. The number of carbonyl (C=O) groups excluding carboxylic acids is 1. The van der Waals surface area contributed by atoms with E-state index in [-0.39, 0.29) is 17.5 Å². The number of aryl methyl sites for hydroxylation is 1. The monoisotopic (exact) mass is 319 g/mol. The fourth-order valence-corrected chi connectivity index (χ4v) is 2.58. The molecule has 2 heterocycles. The molecule has 2 N–H and O–H groups in total. The molecule has 0 fully saturated rings. The first kappa shape index (κ1) is 16.4. The fourth-order valence-electron chi connectivity index (χ4n) is 1.78. The molecule has 0 saturated heterocycles. The molecule has 0 aliphatic heterocycles. The molecule has 6 nitrogen and oxygen atoms in total. The van der Waals surface area contributed by atoms with E-state index >= 15 is 0 Å². The highest BCUT2D eigenvalue weighted by molar-refractivity contribution is 7.09. The van der Waals surface area contributed by atoms with E-state index in [1.807, 2.05) is 40.0 Å². The molecule has 0 radical (unpaired) electrons. The Kier molecular flexibility index (Phi) is 4.75. The third-order valence-corrected chi connectivity index (χ3v) is 4.08. The van der Waals surface area contributed by atoms with E-state index in [0.717, 1.165) is 16.5 Å². The van der Waals surface area contributed by atoms with E-state index in [1.165, 1.54) is 11.3 Å². The first-order valence-electron chi connectivity index (χ1n) is 7.08. The Labute approximate surface area is 134 Å². The maximum atomic E-state index is 12.0. The Morgan fingerprint density at radius 1 is 1.27 bits per heavy atom. The number of hydrogen-bond acceptors (Lipinski definition) is 5. The van der Waals surface area contributed by atoms with Gasteiger partial charge in [0.15, 0.2) is 0 Å². The van der Waals surface area contributed by atoms with Gasteiger partial charge in [0.05, 0.1) is 24.1 Å². The molecule has 0 spiro atoms. The number of nitrogens with one attached hydrogen (secondary N) is 2. The van der Waals surface area contributed by atoms with Crippen LogP contribution in [0.2, 0.25) is 0 Å². The summed E-state index contributed by atoms with van der Waals surface area (Å²) in [5.74, 6) is 0.741. The van der Waals surface area contributed by atoms with Crippen LogP contribution in [0, 0.1) is 6.92 Å². The van der Waals surface area contributed by atoms with Crippen LogP contribution in [0.25, 0.3) is 0 Å². The van der Waals surface area contributed by atoms with Crippen molar-refractivity contribution in [2.75, 3.05) is 5.32 Å². The third kappa shape index (κ3) is 4.24. The van der Waals surface area contributed by atoms with Crippen molar-refractivity contribution in [3.63, 3.8) is 0 Å². The normalized spacial score (nSPS) is 12.8. The molecule has 0 aliphatic rings. The van der Waals surface area contributed by atoms with Crippen LogP contribution in [0.3, 0.4) is 0 Å². The predicted octanol–water partition coefficient (Wildman–Crippen LogP) is 3.42. The molecule has 118 valence electrons. The number of nitrogens with zero attached hydrogens (tertiary/aromatic N) is 3. The highest BCUT2D eigenvalue weighted by Crippen LogP contribution is 2.19. The molecule has 2 aromatic rings. The van der Waals surface area contributed by atoms with Crippen molar-refractivity contribution in [2.45, 2.75) is 46.1 Å². The molecule has 0 saturated carbocycles. The van der Waals surface area contributed by atoms with Gasteiger partial charge in [-0.1, -0.05) is 20.8 Å². The Morgan fingerprint density at radius 2 is 1.91 bits per heavy atom. The van der Waals surface area contributed by atoms with Gasteiger partial charge < -0.3 is 10.6 Å². The predicted molar refractivity (Wildman–Crippen MR) is 88.2 cm³/mol. The summed E-state index contributed by atoms with van der Waals surface area (Å²) in [7, 11) is 0. The third-order valence-electron chi connectivity index (χ3n) is 2.94. The maximum absolute atomic E-state index is 12.0. The molecule has 2 aromatic heterocycles. The molecule has 22 heavy (non-hydrogen) atoms. The van der Waals surface area contributed by atoms with Crippen molar-refractivity contribution < 1.29 is 4.79 Å². The minimum atomic E-state index is -0.299. The average Bonchev–Trinajstić information content (AvgIpc) is 2.85. The highest BCUT2D eigenvalue weighted by Gasteiger charge is 2.17. The van der Waals surface area contributed by atoms with Crippen LogP contribution < -0.4 is 10.6 Å². The average molecular weight is 319 g/mol. The maximum Gasteiger partial charge on any atom is 0.319 e. The van der Waals surface area contributed by atoms with Crippen LogP contribution in [-0.2, 0) is 5.41 Å². The van der Waals surface area contributed by atoms with Crippen LogP contribution in [-0.4, -0.2) is 21.0 Å². The minimum absolute atomic E-state index is 0.113. The molecule has 2 amide bonds. The first-order valence-corrected chi connectivity index (χ1v) is 7.96. The van der Waals surface area contributed by atoms with Gasteiger partial charge in [0.2, 0.25) is 0 Å². The van der Waals surface area contributed by atoms with Gasteiger partial charge in [0.1, 0.15) is 10.8 Å². The summed E-state index contributed by atoms with van der Waals surface area (Å²) < 4.78 is 0. The second-order valence-electron chi connectivity index (χ2n) is 6.19. The van der Waals surface area contributed by atoms with Crippen molar-refractivity contribution in [2.24, 2.45) is 0 Å². The summed E-state index contributed by atoms with van der Waals surface area (Å²) in [5.41, 5.74) is 1.41. The van der Waals surface area contributed by atoms with Gasteiger partial charge in [-0.3, -0.25) is 0 Å². The van der Waals surface area contributed by atoms with Gasteiger partial charge in [-0.25, -0.2) is 19.7 Å². The summed E-state index contributed by atoms with van der Waals surface area (Å²) in [5, 5.41) is 8.42. The lowest BCUT2D eigenvalue weighted by atomic mass is 9.96. The number of amides is 2. The minimum Gasteiger partial charge on any atom is -0.329 e. The summed E-state index contributed by atoms with van der Waals surface area (Å²) in [4.78, 5) is 24.9. The number of carbonyl (C=O) groups is 1. The van der Waals surface area contributed by atoms with Gasteiger partial charge in [0.25, 0.3) is 0 Å². The van der Waals surface area contributed by atoms with Crippen LogP contribution in [0.5, 0.6) is 0 Å². The van der Waals surface area contributed by atoms with E-state index < -0.39 is 0 Å². The SMILES string of the molecule is Cc1csc(C(C)NC(=O)Nc2cnc(C(C)(C)C)nc2)n1. The Bertz CT molecular complexity index is 645. The molecular formula is C15H21N5OS. The van der Waals surface area contributed by atoms with Crippen molar-refractivity contribution in [1.82, 2.24) is 20.3 Å². The molecule has 7 heteroatoms. The number of thiazole rings is 1. The molecule has 1 atom stereocenters. The fraction of sp³-hybridized carbons (Fsp3) is 0.467. The van der Waals surface area contributed by atoms with Gasteiger partial charge >= 0.3 is 6.03 Å². The van der Waals surface area contributed by atoms with Crippen LogP contribution in [0.15, 0.2) is 17.8 Å². The standard InChI is InChI=1S/C15H21N5OS/c1-9-8-22-12(18-9)10(2)19-14(21)20-11-6-16-13(17-7-11)15(3,4)5/h6-8,10H,1-5H3,(H2,19,20,21). The zero-order valence-electron chi connectivity index (χ0n) is 13.5. The van der Waals surface area contributed by atoms with E-state index in [2.05, 4.69) is 25.6 Å². The van der Waals surface area contributed by atoms with E-state index in [1.54, 1.807) is 12.4 Å². The van der Waals surface area contributed by atoms with E-state index in [4.69, 9.17) is 0 Å². The summed E-state index contributed by atoms with van der Waals surface area (Å²) >= 11 is 1.53. The molecule has 2 rings (SSSR count). The van der Waals surface area contributed by atoms with Gasteiger partial charge in [-0.2, -0.15) is 0 Å². The number of hydrogen-bond donors (Lipinski definition) is 2. The van der Waals surface area contributed by atoms with Crippen LogP contribution >= 0.6 is 11.3 Å². The largest absolute Gasteiger partial charge is 0.329 e. The molecule has 0 aliphatic carbocycles. The Hall–Kier alpha value is -2.02. The molecule has 0 aromatic carbocycles. The zero-order valence-corrected chi connectivity index (χ0v) is 14.3. The van der Waals surface area contributed by atoms with Crippen molar-refractivity contribution in [3.8, 4) is 0 Å². The topological polar surface area (TPSA) is 79.8 Å². The molecule has 0 bridgehead atoms. The van der Waals surface area contributed by atoms with Crippen molar-refractivity contribution in [3.05, 3.63) is 34.3 Å². The number of anilines is 1. The van der Waals surface area contributed by atoms with Gasteiger partial charge in [-0.05, 0) is 13.8 Å². The van der Waals surface area contributed by atoms with Crippen LogP contribution in [0.1, 0.15) is 50.3 Å². The van der Waals surface area contributed by atoms with Gasteiger partial charge in [-0.15, -0.1) is 11.3 Å². The van der Waals surface area contributed by atoms with Crippen LogP contribution in [0.4, 0.5) is 10.5 Å². The first-order chi connectivity index (χ1) is 10.3. The zero-order chi connectivity index (χ0) is 16.3. The smallest absolute Gasteiger partial charge is 0.319 e. The second kappa shape index (κ2) is 6.39. The Balaban J connectivity index is 1.94. The van der Waals surface area contributed by atoms with Crippen molar-refractivity contribution >= 4 is 23.1 Å². The summed E-state index contributed by atoms with van der Waals surface area (Å²) in [6.07, 6.45) is 3.23. The van der Waals surface area contributed by atoms with Crippen molar-refractivity contribution in [1.29, 1.82) is 0 Å². The number of rotatable bonds is 3. The quantitative estimate of drug-likeness (QED) is 0.908. The summed E-state index contributed by atoms with van der Waals surface area (Å²) in [6.45, 7) is 9.96. The Morgan fingerprint density at radius 3 is 2.41 bits per heavy atom. The van der Waals surface area contributed by atoms with Gasteiger partial charge in [0, 0.05) is 16.5 Å². The number of urea groups is 1. The second-order valence-corrected chi connectivity index (χ2v) is 7.08. The van der Waals surface area contributed by atoms with E-state index in [0.29, 0.717) is 5.69 Å². The molecule has 1 unspecified atom stereocenters. The highest BCUT2D eigenvalue weighted by atomic mass is 32.1. The number of aromatic nitrogens is 3. The lowest BCUT2D eigenvalue weighted by Crippen LogP contribution is -2.31. The van der Waals surface area contributed by atoms with E-state index in [9.17, 15) is 4.79 Å². The molecular weight excluding hydrogens is 298 g/mol.